The number of carbonyl (C=O) groups excluding carboxylic acids is 1. The lowest BCUT2D eigenvalue weighted by Crippen LogP contribution is -2.45. The summed E-state index contributed by atoms with van der Waals surface area (Å²) in [7, 11) is -3.45. The first-order valence-corrected chi connectivity index (χ1v) is 15.8. The summed E-state index contributed by atoms with van der Waals surface area (Å²) >= 11 is 0. The van der Waals surface area contributed by atoms with Gasteiger partial charge in [0.05, 0.1) is 25.3 Å². The molecule has 2 aromatic carbocycles. The van der Waals surface area contributed by atoms with E-state index in [0.717, 1.165) is 53.6 Å². The number of carbonyl (C=O) groups is 2. The molecule has 4 N–H and O–H groups in total. The molecule has 10 nitrogen and oxygen atoms in total. The van der Waals surface area contributed by atoms with Crippen LogP contribution < -0.4 is 20.1 Å². The van der Waals surface area contributed by atoms with Crippen LogP contribution in [0.4, 0.5) is 5.69 Å². The highest BCUT2D eigenvalue weighted by atomic mass is 32.2. The van der Waals surface area contributed by atoms with Gasteiger partial charge in [-0.1, -0.05) is 37.6 Å². The minimum atomic E-state index is -3.45. The summed E-state index contributed by atoms with van der Waals surface area (Å²) < 4.78 is 31.6. The van der Waals surface area contributed by atoms with Gasteiger partial charge in [0, 0.05) is 50.2 Å². The van der Waals surface area contributed by atoms with Crippen molar-refractivity contribution in [2.45, 2.75) is 51.1 Å². The van der Waals surface area contributed by atoms with Crippen molar-refractivity contribution < 1.29 is 27.9 Å². The Morgan fingerprint density at radius 3 is 2.73 bits per heavy atom. The fourth-order valence-corrected chi connectivity index (χ4v) is 6.33. The van der Waals surface area contributed by atoms with Crippen LogP contribution in [0, 0.1) is 5.92 Å². The van der Waals surface area contributed by atoms with Crippen molar-refractivity contribution in [3.05, 3.63) is 59.2 Å². The number of carboxylic acids is 1. The number of nitrogens with zero attached hydrogens (tertiary/aromatic N) is 2. The number of fused-ring (bicyclic) bond motifs is 1. The molecule has 11 heteroatoms. The third-order valence-electron chi connectivity index (χ3n) is 7.81. The van der Waals surface area contributed by atoms with Crippen LogP contribution in [0.3, 0.4) is 0 Å². The van der Waals surface area contributed by atoms with Gasteiger partial charge < -0.3 is 20.5 Å². The van der Waals surface area contributed by atoms with E-state index in [-0.39, 0.29) is 31.3 Å². The van der Waals surface area contributed by atoms with E-state index in [1.807, 2.05) is 47.4 Å². The number of likely N-dealkylation sites (tertiary alicyclic amines) is 1. The number of hydrogen-bond acceptors (Lipinski definition) is 7. The van der Waals surface area contributed by atoms with Crippen molar-refractivity contribution in [1.29, 1.82) is 0 Å². The van der Waals surface area contributed by atoms with Gasteiger partial charge in [-0.2, -0.15) is 0 Å². The summed E-state index contributed by atoms with van der Waals surface area (Å²) in [4.78, 5) is 30.2. The zero-order chi connectivity index (χ0) is 28.9. The average molecular weight is 573 g/mol. The number of rotatable bonds is 13. The van der Waals surface area contributed by atoms with E-state index in [1.54, 1.807) is 4.90 Å². The van der Waals surface area contributed by atoms with Crippen molar-refractivity contribution in [1.82, 2.24) is 9.62 Å². The van der Waals surface area contributed by atoms with Crippen LogP contribution in [0.2, 0.25) is 0 Å². The predicted octanol–water partition coefficient (Wildman–Crippen LogP) is 2.32. The monoisotopic (exact) mass is 572 g/mol. The lowest BCUT2D eigenvalue weighted by atomic mass is 9.83. The lowest BCUT2D eigenvalue weighted by Gasteiger charge is -2.30. The van der Waals surface area contributed by atoms with Crippen LogP contribution in [0.5, 0.6) is 5.75 Å². The van der Waals surface area contributed by atoms with Crippen LogP contribution in [0.1, 0.15) is 48.8 Å². The number of amides is 1. The smallest absolute Gasteiger partial charge is 0.308 e. The highest BCUT2D eigenvalue weighted by molar-refractivity contribution is 7.88. The van der Waals surface area contributed by atoms with Gasteiger partial charge >= 0.3 is 5.97 Å². The van der Waals surface area contributed by atoms with E-state index in [0.29, 0.717) is 26.2 Å². The Kier molecular flexibility index (Phi) is 9.83. The summed E-state index contributed by atoms with van der Waals surface area (Å²) in [6.07, 6.45) is 3.84. The number of carboxylic acid groups (broad SMARTS) is 1. The topological polar surface area (TPSA) is 142 Å². The first-order valence-electron chi connectivity index (χ1n) is 13.9. The quantitative estimate of drug-likeness (QED) is 0.332. The number of aliphatic carboxylic acids is 1. The average Bonchev–Trinajstić information content (AvgIpc) is 3.52. The molecule has 0 aliphatic carbocycles. The van der Waals surface area contributed by atoms with Crippen LogP contribution in [-0.4, -0.2) is 75.4 Å². The van der Waals surface area contributed by atoms with Crippen LogP contribution >= 0.6 is 0 Å². The molecule has 0 spiro atoms. The summed E-state index contributed by atoms with van der Waals surface area (Å²) in [6, 6.07) is 12.9. The molecular formula is C29H40N4O6S. The molecule has 2 aliphatic heterocycles. The maximum atomic E-state index is 13.8. The van der Waals surface area contributed by atoms with Crippen molar-refractivity contribution in [3.8, 4) is 5.75 Å². The van der Waals surface area contributed by atoms with Gasteiger partial charge in [0.15, 0.2) is 0 Å². The molecule has 0 saturated carbocycles. The summed E-state index contributed by atoms with van der Waals surface area (Å²) in [5.74, 6) is -1.43. The van der Waals surface area contributed by atoms with Gasteiger partial charge in [0.1, 0.15) is 5.75 Å². The molecule has 2 aliphatic rings. The minimum absolute atomic E-state index is 0.0223. The maximum Gasteiger partial charge on any atom is 0.308 e. The Hall–Kier alpha value is -2.99. The SMILES string of the molecule is CCCCN(C(=O)CN1C[C@H](c2ccc3c(c2)CCO3)C(C(=O)O)[C@@H]1CCNS(C)(=O)=O)c1cccc(CN)c1. The van der Waals surface area contributed by atoms with E-state index in [9.17, 15) is 23.1 Å². The first kappa shape index (κ1) is 30.0. The third-order valence-corrected chi connectivity index (χ3v) is 8.54. The van der Waals surface area contributed by atoms with E-state index >= 15 is 0 Å². The molecule has 1 amide bonds. The third kappa shape index (κ3) is 7.20. The van der Waals surface area contributed by atoms with Crippen LogP contribution in [-0.2, 0) is 32.6 Å². The zero-order valence-corrected chi connectivity index (χ0v) is 24.0. The van der Waals surface area contributed by atoms with Crippen LogP contribution in [0.15, 0.2) is 42.5 Å². The molecule has 2 heterocycles. The molecule has 1 unspecified atom stereocenters. The fraction of sp³-hybridized carbons (Fsp3) is 0.517. The van der Waals surface area contributed by atoms with Crippen molar-refractivity contribution >= 4 is 27.6 Å². The van der Waals surface area contributed by atoms with Crippen LogP contribution in [0.25, 0.3) is 0 Å². The van der Waals surface area contributed by atoms with Crippen molar-refractivity contribution in [3.63, 3.8) is 0 Å². The lowest BCUT2D eigenvalue weighted by molar-refractivity contribution is -0.143. The number of nitrogens with one attached hydrogen (secondary N) is 1. The zero-order valence-electron chi connectivity index (χ0n) is 23.2. The van der Waals surface area contributed by atoms with Gasteiger partial charge in [0.2, 0.25) is 15.9 Å². The molecule has 40 heavy (non-hydrogen) atoms. The number of sulfonamides is 1. The molecule has 0 bridgehead atoms. The molecular weight excluding hydrogens is 532 g/mol. The number of hydrogen-bond donors (Lipinski definition) is 3. The summed E-state index contributed by atoms with van der Waals surface area (Å²) in [5.41, 5.74) is 9.48. The number of nitrogens with two attached hydrogens (primary N) is 1. The summed E-state index contributed by atoms with van der Waals surface area (Å²) in [5, 5.41) is 10.4. The minimum Gasteiger partial charge on any atom is -0.493 e. The Morgan fingerprint density at radius 2 is 2.02 bits per heavy atom. The van der Waals surface area contributed by atoms with E-state index < -0.39 is 28.0 Å². The van der Waals surface area contributed by atoms with Gasteiger partial charge in [-0.05, 0) is 47.7 Å². The van der Waals surface area contributed by atoms with E-state index in [1.165, 1.54) is 0 Å². The van der Waals surface area contributed by atoms with Crippen molar-refractivity contribution in [2.24, 2.45) is 11.7 Å². The second-order valence-electron chi connectivity index (χ2n) is 10.7. The molecule has 218 valence electrons. The van der Waals surface area contributed by atoms with Gasteiger partial charge in [0.25, 0.3) is 0 Å². The number of ether oxygens (including phenoxy) is 1. The largest absolute Gasteiger partial charge is 0.493 e. The fourth-order valence-electron chi connectivity index (χ4n) is 5.84. The first-order chi connectivity index (χ1) is 19.1. The van der Waals surface area contributed by atoms with E-state index in [4.69, 9.17) is 10.5 Å². The predicted molar refractivity (Wildman–Crippen MR) is 154 cm³/mol. The van der Waals surface area contributed by atoms with Crippen molar-refractivity contribution in [2.75, 3.05) is 43.9 Å². The second-order valence-corrected chi connectivity index (χ2v) is 12.5. The normalized spacial score (nSPS) is 20.7. The number of unbranched alkanes of at least 4 members (excludes halogenated alkanes) is 1. The molecule has 1 fully saturated rings. The highest BCUT2D eigenvalue weighted by Crippen LogP contribution is 2.41. The molecule has 3 atom stereocenters. The van der Waals surface area contributed by atoms with E-state index in [2.05, 4.69) is 11.6 Å². The Bertz CT molecular complexity index is 1320. The Morgan fingerprint density at radius 1 is 1.23 bits per heavy atom. The molecule has 0 aromatic heterocycles. The number of benzene rings is 2. The molecule has 1 saturated heterocycles. The maximum absolute atomic E-state index is 13.8. The molecule has 2 aromatic rings. The van der Waals surface area contributed by atoms with Gasteiger partial charge in [-0.15, -0.1) is 0 Å². The van der Waals surface area contributed by atoms with Gasteiger partial charge in [-0.25, -0.2) is 13.1 Å². The standard InChI is InChI=1S/C29H40N4O6S/c1-3-4-13-33(23-7-5-6-20(15-23)17-30)27(34)19-32-18-24(21-8-9-26-22(16-21)11-14-39-26)28(29(35)36)25(32)10-12-31-40(2,37)38/h5-9,15-16,24-25,28,31H,3-4,10-14,17-19,30H2,1-2H3,(H,35,36)/t24-,25+,28?/m1/s1. The Balaban J connectivity index is 1.63. The Labute approximate surface area is 236 Å². The molecule has 4 rings (SSSR count). The van der Waals surface area contributed by atoms with Gasteiger partial charge in [-0.3, -0.25) is 14.5 Å². The second kappa shape index (κ2) is 13.1. The molecule has 0 radical (unpaired) electrons. The number of anilines is 1. The highest BCUT2D eigenvalue weighted by Gasteiger charge is 2.47. The summed E-state index contributed by atoms with van der Waals surface area (Å²) in [6.45, 7) is 4.04.